The molecule has 1 spiro atoms. The Labute approximate surface area is 192 Å². The monoisotopic (exact) mass is 434 g/mol. The summed E-state index contributed by atoms with van der Waals surface area (Å²) in [5.41, 5.74) is 0.771. The molecule has 3 heteroatoms. The molecule has 1 aromatic rings. The lowest BCUT2D eigenvalue weighted by Crippen LogP contribution is -2.73. The Morgan fingerprint density at radius 1 is 0.938 bits per heavy atom. The number of carbonyl (C=O) groups excluding carboxylic acids is 1. The fourth-order valence-corrected chi connectivity index (χ4v) is 10.5. The van der Waals surface area contributed by atoms with Crippen LogP contribution in [0.15, 0.2) is 24.3 Å². The molecule has 6 bridgehead atoms. The van der Waals surface area contributed by atoms with Gasteiger partial charge in [-0.25, -0.2) is 4.79 Å². The van der Waals surface area contributed by atoms with Crippen LogP contribution in [-0.2, 0) is 10.3 Å². The van der Waals surface area contributed by atoms with Crippen molar-refractivity contribution in [2.45, 2.75) is 102 Å². The summed E-state index contributed by atoms with van der Waals surface area (Å²) in [7, 11) is 0. The van der Waals surface area contributed by atoms with E-state index in [9.17, 15) is 9.90 Å². The Morgan fingerprint density at radius 3 is 2.25 bits per heavy atom. The smallest absolute Gasteiger partial charge is 0.338 e. The number of aliphatic hydroxyl groups is 1. The van der Waals surface area contributed by atoms with Crippen molar-refractivity contribution >= 4 is 5.97 Å². The number of fused-ring (bicyclic) bond motifs is 1. The van der Waals surface area contributed by atoms with Crippen LogP contribution in [0.25, 0.3) is 0 Å². The van der Waals surface area contributed by atoms with Crippen LogP contribution in [-0.4, -0.2) is 16.7 Å². The zero-order valence-electron chi connectivity index (χ0n) is 19.6. The molecule has 4 atom stereocenters. The molecule has 1 aromatic carbocycles. The first kappa shape index (κ1) is 20.1. The number of benzene rings is 1. The summed E-state index contributed by atoms with van der Waals surface area (Å²) >= 11 is 0. The van der Waals surface area contributed by atoms with Gasteiger partial charge in [-0.15, -0.1) is 0 Å². The minimum absolute atomic E-state index is 0.0257. The zero-order chi connectivity index (χ0) is 21.8. The van der Waals surface area contributed by atoms with Gasteiger partial charge in [0.1, 0.15) is 11.2 Å². The van der Waals surface area contributed by atoms with E-state index in [2.05, 4.69) is 6.92 Å². The average Bonchev–Trinajstić information content (AvgIpc) is 2.77. The van der Waals surface area contributed by atoms with Gasteiger partial charge >= 0.3 is 5.97 Å². The lowest BCUT2D eigenvalue weighted by Gasteiger charge is -2.75. The highest BCUT2D eigenvalue weighted by Crippen LogP contribution is 2.78. The molecule has 0 heterocycles. The van der Waals surface area contributed by atoms with Gasteiger partial charge < -0.3 is 9.84 Å². The molecule has 0 amide bonds. The number of rotatable bonds is 3. The number of hydrogen-bond acceptors (Lipinski definition) is 3. The maximum Gasteiger partial charge on any atom is 0.338 e. The topological polar surface area (TPSA) is 46.5 Å². The second-order valence-corrected chi connectivity index (χ2v) is 13.2. The van der Waals surface area contributed by atoms with Crippen molar-refractivity contribution in [1.82, 2.24) is 0 Å². The standard InChI is InChI=1S/C29H38O3/c1-26-11-9-23-4-2-3-10-28(23,18-26)29(26,31)24-7-5-22(6-8-24)25(30)32-27-15-19-12-20(16-27)14-21(13-19)17-27/h5-8,19-21,23,31H,2-4,9-18H2,1H3/t19?,20?,21?,23-,26+,27?,28+,29-/m0/s1. The summed E-state index contributed by atoms with van der Waals surface area (Å²) in [5.74, 6) is 2.81. The quantitative estimate of drug-likeness (QED) is 0.562. The number of carbonyl (C=O) groups is 1. The van der Waals surface area contributed by atoms with Gasteiger partial charge in [0.2, 0.25) is 0 Å². The predicted octanol–water partition coefficient (Wildman–Crippen LogP) is 6.38. The predicted molar refractivity (Wildman–Crippen MR) is 123 cm³/mol. The fraction of sp³-hybridized carbons (Fsp3) is 0.759. The first-order valence-electron chi connectivity index (χ1n) is 13.4. The lowest BCUT2D eigenvalue weighted by molar-refractivity contribution is -0.336. The maximum atomic E-state index is 13.2. The SMILES string of the molecule is C[C@@]12CC[C@@H]3CCCC[C@]3(C1)[C@]2(O)c1ccc(C(=O)OC23CC4CC(CC(C4)C2)C3)cc1. The molecule has 1 N–H and O–H groups in total. The Bertz CT molecular complexity index is 914. The molecule has 7 aliphatic rings. The van der Waals surface area contributed by atoms with E-state index in [1.807, 2.05) is 24.3 Å². The highest BCUT2D eigenvalue weighted by molar-refractivity contribution is 5.89. The summed E-state index contributed by atoms with van der Waals surface area (Å²) in [6, 6.07) is 7.96. The van der Waals surface area contributed by atoms with Crippen molar-refractivity contribution in [1.29, 1.82) is 0 Å². The molecule has 0 aliphatic heterocycles. The fourth-order valence-electron chi connectivity index (χ4n) is 10.5. The van der Waals surface area contributed by atoms with Gasteiger partial charge in [-0.2, -0.15) is 0 Å². The van der Waals surface area contributed by atoms with E-state index in [-0.39, 0.29) is 22.4 Å². The third kappa shape index (κ3) is 2.44. The molecule has 7 fully saturated rings. The second kappa shape index (κ2) is 6.40. The third-order valence-corrected chi connectivity index (χ3v) is 11.4. The maximum absolute atomic E-state index is 13.2. The minimum atomic E-state index is -0.744. The highest BCUT2D eigenvalue weighted by atomic mass is 16.6. The van der Waals surface area contributed by atoms with Crippen LogP contribution in [0.2, 0.25) is 0 Å². The molecule has 0 saturated heterocycles. The minimum Gasteiger partial charge on any atom is -0.455 e. The number of esters is 1. The van der Waals surface area contributed by atoms with Crippen LogP contribution >= 0.6 is 0 Å². The Balaban J connectivity index is 1.14. The van der Waals surface area contributed by atoms with Gasteiger partial charge in [0.05, 0.1) is 5.56 Å². The van der Waals surface area contributed by atoms with Crippen LogP contribution in [0.1, 0.15) is 106 Å². The van der Waals surface area contributed by atoms with Crippen molar-refractivity contribution in [3.05, 3.63) is 35.4 Å². The Kier molecular flexibility index (Phi) is 4.01. The van der Waals surface area contributed by atoms with Gasteiger partial charge in [0.25, 0.3) is 0 Å². The summed E-state index contributed by atoms with van der Waals surface area (Å²) in [6.07, 6.45) is 15.8. The third-order valence-electron chi connectivity index (χ3n) is 11.4. The van der Waals surface area contributed by atoms with Gasteiger partial charge in [-0.05, 0) is 112 Å². The van der Waals surface area contributed by atoms with Gasteiger partial charge in [0, 0.05) is 10.8 Å². The summed E-state index contributed by atoms with van der Waals surface area (Å²) in [5, 5.41) is 12.2. The van der Waals surface area contributed by atoms with Crippen molar-refractivity contribution < 1.29 is 14.6 Å². The van der Waals surface area contributed by atoms with Gasteiger partial charge in [-0.1, -0.05) is 31.9 Å². The number of ether oxygens (including phenoxy) is 1. The number of hydrogen-bond donors (Lipinski definition) is 1. The van der Waals surface area contributed by atoms with Crippen LogP contribution in [0, 0.1) is 34.5 Å². The van der Waals surface area contributed by atoms with Gasteiger partial charge in [0.15, 0.2) is 0 Å². The van der Waals surface area contributed by atoms with E-state index in [4.69, 9.17) is 4.74 Å². The van der Waals surface area contributed by atoms with E-state index in [0.717, 1.165) is 61.8 Å². The summed E-state index contributed by atoms with van der Waals surface area (Å²) in [4.78, 5) is 13.2. The molecule has 8 rings (SSSR count). The van der Waals surface area contributed by atoms with Crippen LogP contribution < -0.4 is 0 Å². The van der Waals surface area contributed by atoms with Crippen LogP contribution in [0.3, 0.4) is 0 Å². The summed E-state index contributed by atoms with van der Waals surface area (Å²) < 4.78 is 6.28. The van der Waals surface area contributed by atoms with E-state index < -0.39 is 5.60 Å². The molecule has 32 heavy (non-hydrogen) atoms. The lowest BCUT2D eigenvalue weighted by atomic mass is 9.31. The Hall–Kier alpha value is -1.35. The van der Waals surface area contributed by atoms with Crippen LogP contribution in [0.4, 0.5) is 0 Å². The highest BCUT2D eigenvalue weighted by Gasteiger charge is 2.75. The molecular weight excluding hydrogens is 396 g/mol. The molecule has 0 aromatic heterocycles. The van der Waals surface area contributed by atoms with E-state index in [0.29, 0.717) is 11.5 Å². The second-order valence-electron chi connectivity index (χ2n) is 13.2. The van der Waals surface area contributed by atoms with E-state index in [1.54, 1.807) is 0 Å². The van der Waals surface area contributed by atoms with E-state index >= 15 is 0 Å². The van der Waals surface area contributed by atoms with E-state index in [1.165, 1.54) is 44.9 Å². The Morgan fingerprint density at radius 2 is 1.59 bits per heavy atom. The molecule has 7 aliphatic carbocycles. The molecule has 172 valence electrons. The van der Waals surface area contributed by atoms with Crippen LogP contribution in [0.5, 0.6) is 0 Å². The average molecular weight is 435 g/mol. The molecule has 0 unspecified atom stereocenters. The largest absolute Gasteiger partial charge is 0.455 e. The normalized spacial score (nSPS) is 50.4. The van der Waals surface area contributed by atoms with Gasteiger partial charge in [-0.3, -0.25) is 0 Å². The van der Waals surface area contributed by atoms with Crippen molar-refractivity contribution in [3.63, 3.8) is 0 Å². The van der Waals surface area contributed by atoms with Crippen molar-refractivity contribution in [2.75, 3.05) is 0 Å². The zero-order valence-corrected chi connectivity index (χ0v) is 19.6. The summed E-state index contributed by atoms with van der Waals surface area (Å²) in [6.45, 7) is 2.29. The van der Waals surface area contributed by atoms with Crippen molar-refractivity contribution in [3.8, 4) is 0 Å². The van der Waals surface area contributed by atoms with Crippen molar-refractivity contribution in [2.24, 2.45) is 34.5 Å². The first-order valence-corrected chi connectivity index (χ1v) is 13.4. The molecule has 0 radical (unpaired) electrons. The molecule has 7 saturated carbocycles. The molecular formula is C29H38O3. The first-order chi connectivity index (χ1) is 15.3. The molecule has 3 nitrogen and oxygen atoms in total.